The summed E-state index contributed by atoms with van der Waals surface area (Å²) < 4.78 is 5.28. The molecule has 0 aromatic carbocycles. The molecule has 1 aliphatic heterocycles. The lowest BCUT2D eigenvalue weighted by atomic mass is 9.63. The molecule has 1 amide bonds. The molecule has 3 nitrogen and oxygen atoms in total. The molecular formula is C12H20ClNO2. The molecule has 1 saturated heterocycles. The molecule has 0 unspecified atom stereocenters. The molecule has 0 radical (unpaired) electrons. The molecule has 1 spiro atoms. The van der Waals surface area contributed by atoms with Crippen LogP contribution in [0.25, 0.3) is 0 Å². The van der Waals surface area contributed by atoms with Gasteiger partial charge < -0.3 is 9.64 Å². The van der Waals surface area contributed by atoms with Gasteiger partial charge in [-0.2, -0.15) is 0 Å². The zero-order valence-corrected chi connectivity index (χ0v) is 10.6. The van der Waals surface area contributed by atoms with Gasteiger partial charge in [0.15, 0.2) is 0 Å². The molecule has 1 atom stereocenters. The normalized spacial score (nSPS) is 27.1. The highest BCUT2D eigenvalue weighted by Gasteiger charge is 2.50. The van der Waals surface area contributed by atoms with E-state index in [-0.39, 0.29) is 5.91 Å². The second-order valence-corrected chi connectivity index (χ2v) is 5.46. The van der Waals surface area contributed by atoms with Crippen LogP contribution in [-0.4, -0.2) is 43.5 Å². The van der Waals surface area contributed by atoms with Crippen LogP contribution >= 0.6 is 11.6 Å². The Kier molecular flexibility index (Phi) is 3.75. The number of hydrogen-bond donors (Lipinski definition) is 0. The minimum absolute atomic E-state index is 0.208. The second-order valence-electron chi connectivity index (χ2n) is 5.08. The van der Waals surface area contributed by atoms with Gasteiger partial charge in [0.05, 0.1) is 6.61 Å². The fraction of sp³-hybridized carbons (Fsp3) is 0.917. The van der Waals surface area contributed by atoms with E-state index in [0.29, 0.717) is 23.6 Å². The van der Waals surface area contributed by atoms with E-state index in [2.05, 4.69) is 0 Å². The van der Waals surface area contributed by atoms with Gasteiger partial charge in [-0.15, -0.1) is 11.6 Å². The van der Waals surface area contributed by atoms with Crippen molar-refractivity contribution in [1.29, 1.82) is 0 Å². The molecular weight excluding hydrogens is 226 g/mol. The Morgan fingerprint density at radius 1 is 1.56 bits per heavy atom. The second kappa shape index (κ2) is 4.92. The molecule has 1 heterocycles. The maximum atomic E-state index is 11.8. The quantitative estimate of drug-likeness (QED) is 0.708. The average Bonchev–Trinajstić information content (AvgIpc) is 2.58. The number of hydrogen-bond acceptors (Lipinski definition) is 2. The van der Waals surface area contributed by atoms with Gasteiger partial charge in [0.25, 0.3) is 0 Å². The molecule has 2 rings (SSSR count). The van der Waals surface area contributed by atoms with Crippen molar-refractivity contribution < 1.29 is 9.53 Å². The van der Waals surface area contributed by atoms with E-state index in [0.717, 1.165) is 19.7 Å². The third-order valence-corrected chi connectivity index (χ3v) is 4.38. The third kappa shape index (κ3) is 2.07. The lowest BCUT2D eigenvalue weighted by Crippen LogP contribution is -2.39. The lowest BCUT2D eigenvalue weighted by Gasteiger charge is -2.42. The Hall–Kier alpha value is -0.280. The first-order chi connectivity index (χ1) is 7.72. The monoisotopic (exact) mass is 245 g/mol. The molecule has 1 saturated carbocycles. The number of likely N-dealkylation sites (tertiary alicyclic amines) is 1. The van der Waals surface area contributed by atoms with Crippen molar-refractivity contribution in [3.8, 4) is 0 Å². The molecule has 0 aromatic rings. The number of amides is 1. The first-order valence-corrected chi connectivity index (χ1v) is 6.58. The molecule has 2 fully saturated rings. The van der Waals surface area contributed by atoms with Crippen LogP contribution in [0.3, 0.4) is 0 Å². The number of alkyl halides is 1. The standard InChI is InChI=1S/C12H20ClNO2/c1-16-8-10-7-14(11(15)3-6-13)9-12(10)4-2-5-12/h10H,2-9H2,1H3/t10-/m1/s1. The molecule has 0 bridgehead atoms. The summed E-state index contributed by atoms with van der Waals surface area (Å²) >= 11 is 5.62. The Morgan fingerprint density at radius 2 is 2.31 bits per heavy atom. The summed E-state index contributed by atoms with van der Waals surface area (Å²) in [7, 11) is 1.75. The molecule has 92 valence electrons. The van der Waals surface area contributed by atoms with Gasteiger partial charge in [-0.25, -0.2) is 0 Å². The van der Waals surface area contributed by atoms with Gasteiger partial charge >= 0.3 is 0 Å². The zero-order chi connectivity index (χ0) is 11.6. The van der Waals surface area contributed by atoms with Crippen LogP contribution in [0.15, 0.2) is 0 Å². The summed E-state index contributed by atoms with van der Waals surface area (Å²) in [6.45, 7) is 2.57. The molecule has 0 aromatic heterocycles. The van der Waals surface area contributed by atoms with E-state index in [1.807, 2.05) is 4.90 Å². The van der Waals surface area contributed by atoms with Gasteiger partial charge in [-0.3, -0.25) is 4.79 Å². The summed E-state index contributed by atoms with van der Waals surface area (Å²) in [4.78, 5) is 13.8. The van der Waals surface area contributed by atoms with Gasteiger partial charge in [0.2, 0.25) is 5.91 Å². The number of halogens is 1. The van der Waals surface area contributed by atoms with Crippen molar-refractivity contribution in [3.05, 3.63) is 0 Å². The van der Waals surface area contributed by atoms with Crippen LogP contribution in [0.4, 0.5) is 0 Å². The van der Waals surface area contributed by atoms with Crippen molar-refractivity contribution in [2.45, 2.75) is 25.7 Å². The van der Waals surface area contributed by atoms with E-state index in [4.69, 9.17) is 16.3 Å². The summed E-state index contributed by atoms with van der Waals surface area (Å²) in [6.07, 6.45) is 4.28. The van der Waals surface area contributed by atoms with Crippen LogP contribution in [-0.2, 0) is 9.53 Å². The van der Waals surface area contributed by atoms with Crippen LogP contribution in [0.5, 0.6) is 0 Å². The highest BCUT2D eigenvalue weighted by atomic mass is 35.5. The number of ether oxygens (including phenoxy) is 1. The summed E-state index contributed by atoms with van der Waals surface area (Å²) in [5.74, 6) is 1.17. The number of rotatable bonds is 4. The Labute approximate surface area is 102 Å². The lowest BCUT2D eigenvalue weighted by molar-refractivity contribution is -0.130. The van der Waals surface area contributed by atoms with Crippen molar-refractivity contribution in [2.75, 3.05) is 32.7 Å². The van der Waals surface area contributed by atoms with Gasteiger partial charge in [-0.05, 0) is 18.3 Å². The number of nitrogens with zero attached hydrogens (tertiary/aromatic N) is 1. The SMILES string of the molecule is COC[C@H]1CN(C(=O)CCCl)CC12CCC2. The first kappa shape index (κ1) is 12.2. The van der Waals surface area contributed by atoms with Crippen molar-refractivity contribution in [2.24, 2.45) is 11.3 Å². The Morgan fingerprint density at radius 3 is 2.81 bits per heavy atom. The van der Waals surface area contributed by atoms with Gasteiger partial charge in [0.1, 0.15) is 0 Å². The van der Waals surface area contributed by atoms with Gasteiger partial charge in [0, 0.05) is 38.4 Å². The summed E-state index contributed by atoms with van der Waals surface area (Å²) in [5.41, 5.74) is 0.373. The first-order valence-electron chi connectivity index (χ1n) is 6.04. The van der Waals surface area contributed by atoms with Crippen molar-refractivity contribution in [1.82, 2.24) is 4.90 Å². The molecule has 2 aliphatic rings. The fourth-order valence-electron chi connectivity index (χ4n) is 3.09. The minimum atomic E-state index is 0.208. The molecule has 4 heteroatoms. The maximum Gasteiger partial charge on any atom is 0.223 e. The van der Waals surface area contributed by atoms with E-state index >= 15 is 0 Å². The van der Waals surface area contributed by atoms with E-state index in [1.54, 1.807) is 7.11 Å². The third-order valence-electron chi connectivity index (χ3n) is 4.19. The minimum Gasteiger partial charge on any atom is -0.384 e. The number of methoxy groups -OCH3 is 1. The largest absolute Gasteiger partial charge is 0.384 e. The predicted molar refractivity (Wildman–Crippen MR) is 63.6 cm³/mol. The smallest absolute Gasteiger partial charge is 0.223 e. The topological polar surface area (TPSA) is 29.5 Å². The van der Waals surface area contributed by atoms with Gasteiger partial charge in [-0.1, -0.05) is 6.42 Å². The van der Waals surface area contributed by atoms with E-state index in [9.17, 15) is 4.79 Å². The zero-order valence-electron chi connectivity index (χ0n) is 9.88. The van der Waals surface area contributed by atoms with Crippen LogP contribution in [0, 0.1) is 11.3 Å². The van der Waals surface area contributed by atoms with Crippen LogP contribution < -0.4 is 0 Å². The van der Waals surface area contributed by atoms with Crippen molar-refractivity contribution >= 4 is 17.5 Å². The molecule has 16 heavy (non-hydrogen) atoms. The summed E-state index contributed by atoms with van der Waals surface area (Å²) in [6, 6.07) is 0. The Bertz CT molecular complexity index is 266. The average molecular weight is 246 g/mol. The maximum absolute atomic E-state index is 11.8. The number of carbonyl (C=O) groups is 1. The summed E-state index contributed by atoms with van der Waals surface area (Å²) in [5, 5.41) is 0. The molecule has 1 aliphatic carbocycles. The Balaban J connectivity index is 1.98. The fourth-order valence-corrected chi connectivity index (χ4v) is 3.25. The van der Waals surface area contributed by atoms with E-state index < -0.39 is 0 Å². The number of carbonyl (C=O) groups excluding carboxylic acids is 1. The van der Waals surface area contributed by atoms with Crippen LogP contribution in [0.1, 0.15) is 25.7 Å². The van der Waals surface area contributed by atoms with Crippen molar-refractivity contribution in [3.63, 3.8) is 0 Å². The van der Waals surface area contributed by atoms with E-state index in [1.165, 1.54) is 19.3 Å². The predicted octanol–water partition coefficient (Wildman–Crippen LogP) is 1.89. The highest BCUT2D eigenvalue weighted by Crippen LogP contribution is 2.51. The van der Waals surface area contributed by atoms with Crippen LogP contribution in [0.2, 0.25) is 0 Å². The highest BCUT2D eigenvalue weighted by molar-refractivity contribution is 6.18. The molecule has 0 N–H and O–H groups in total.